The first-order valence-corrected chi connectivity index (χ1v) is 13.9. The van der Waals surface area contributed by atoms with Crippen molar-refractivity contribution in [3.8, 4) is 5.75 Å². The van der Waals surface area contributed by atoms with E-state index in [1.807, 2.05) is 66.7 Å². The van der Waals surface area contributed by atoms with Gasteiger partial charge in [-0.05, 0) is 68.0 Å². The maximum atomic E-state index is 13.7. The van der Waals surface area contributed by atoms with Crippen LogP contribution in [0.25, 0.3) is 0 Å². The van der Waals surface area contributed by atoms with Crippen molar-refractivity contribution in [3.05, 3.63) is 134 Å². The number of amides is 2. The summed E-state index contributed by atoms with van der Waals surface area (Å²) in [6, 6.07) is 29.5. The third-order valence-electron chi connectivity index (χ3n) is 8.04. The number of carbonyl (C=O) groups is 2. The molecule has 2 bridgehead atoms. The number of hydrazone groups is 1. The topological polar surface area (TPSA) is 59.0 Å². The van der Waals surface area contributed by atoms with E-state index in [4.69, 9.17) is 16.3 Å². The zero-order valence-corrected chi connectivity index (χ0v) is 23.0. The molecule has 8 rings (SSSR count). The van der Waals surface area contributed by atoms with Gasteiger partial charge in [-0.15, -0.1) is 0 Å². The molecule has 1 fully saturated rings. The van der Waals surface area contributed by atoms with E-state index in [0.29, 0.717) is 17.4 Å². The molecule has 0 spiro atoms. The Morgan fingerprint density at radius 1 is 0.795 bits per heavy atom. The van der Waals surface area contributed by atoms with Crippen LogP contribution in [0.2, 0.25) is 5.02 Å². The van der Waals surface area contributed by atoms with E-state index < -0.39 is 11.8 Å². The molecule has 192 valence electrons. The minimum atomic E-state index is -0.447. The molecular weight excluding hydrogens is 576 g/mol. The van der Waals surface area contributed by atoms with E-state index in [9.17, 15) is 9.59 Å². The number of ether oxygens (including phenoxy) is 1. The van der Waals surface area contributed by atoms with Gasteiger partial charge in [-0.25, -0.2) is 0 Å². The fraction of sp³-hybridized carbons (Fsp3) is 0.156. The Bertz CT molecular complexity index is 1570. The molecule has 3 aliphatic carbocycles. The summed E-state index contributed by atoms with van der Waals surface area (Å²) in [5.41, 5.74) is 6.20. The number of halogens is 2. The SMILES string of the molecule is O=C1[C@@H]2C3c4ccccc4C(c4ccccc43)[C@@H]2C(=O)N1/N=C\c1ccc(OCc2ccccc2Cl)c(Br)c1. The summed E-state index contributed by atoms with van der Waals surface area (Å²) in [5, 5.41) is 6.14. The Morgan fingerprint density at radius 2 is 1.33 bits per heavy atom. The van der Waals surface area contributed by atoms with Crippen LogP contribution in [-0.4, -0.2) is 23.0 Å². The quantitative estimate of drug-likeness (QED) is 0.186. The molecule has 0 unspecified atom stereocenters. The maximum absolute atomic E-state index is 13.7. The summed E-state index contributed by atoms with van der Waals surface area (Å²) in [7, 11) is 0. The van der Waals surface area contributed by atoms with Gasteiger partial charge >= 0.3 is 0 Å². The molecule has 0 aromatic heterocycles. The Balaban J connectivity index is 1.15. The number of nitrogens with zero attached hydrogens (tertiary/aromatic N) is 2. The standard InChI is InChI=1S/C32H22BrClN2O3/c33-24-15-18(13-14-26(24)39-17-19-7-1-6-12-25(19)34)16-35-36-31(37)29-27-20-8-2-3-9-21(20)28(30(29)32(36)38)23-11-5-4-10-22(23)27/h1-16,27-30H,17H2/b35-16-/t27?,28?,29-,30+. The van der Waals surface area contributed by atoms with Crippen molar-refractivity contribution in [1.29, 1.82) is 0 Å². The first-order chi connectivity index (χ1) is 19.0. The van der Waals surface area contributed by atoms with Gasteiger partial charge in [0.05, 0.1) is 22.5 Å². The number of rotatable bonds is 5. The van der Waals surface area contributed by atoms with Gasteiger partial charge < -0.3 is 4.74 Å². The van der Waals surface area contributed by atoms with Crippen LogP contribution in [0, 0.1) is 11.8 Å². The molecule has 0 saturated carbocycles. The van der Waals surface area contributed by atoms with Gasteiger partial charge in [-0.1, -0.05) is 78.3 Å². The predicted octanol–water partition coefficient (Wildman–Crippen LogP) is 6.91. The first kappa shape index (κ1) is 24.3. The van der Waals surface area contributed by atoms with Crippen LogP contribution in [0.15, 0.2) is 101 Å². The van der Waals surface area contributed by atoms with Crippen LogP contribution in [0.5, 0.6) is 5.75 Å². The molecule has 1 aliphatic heterocycles. The Morgan fingerprint density at radius 3 is 1.87 bits per heavy atom. The molecule has 0 radical (unpaired) electrons. The summed E-state index contributed by atoms with van der Waals surface area (Å²) >= 11 is 9.79. The van der Waals surface area contributed by atoms with E-state index >= 15 is 0 Å². The minimum absolute atomic E-state index is 0.146. The zero-order chi connectivity index (χ0) is 26.7. The molecule has 5 nitrogen and oxygen atoms in total. The molecule has 1 saturated heterocycles. The second-order valence-electron chi connectivity index (χ2n) is 10.1. The highest BCUT2D eigenvalue weighted by atomic mass is 79.9. The number of hydrogen-bond acceptors (Lipinski definition) is 4. The van der Waals surface area contributed by atoms with Gasteiger partial charge in [0, 0.05) is 22.4 Å². The lowest BCUT2D eigenvalue weighted by Gasteiger charge is -2.45. The van der Waals surface area contributed by atoms with Crippen LogP contribution in [-0.2, 0) is 16.2 Å². The average Bonchev–Trinajstić information content (AvgIpc) is 3.21. The second-order valence-corrected chi connectivity index (χ2v) is 11.3. The van der Waals surface area contributed by atoms with Crippen molar-refractivity contribution in [3.63, 3.8) is 0 Å². The van der Waals surface area contributed by atoms with Crippen LogP contribution in [0.4, 0.5) is 0 Å². The molecule has 2 atom stereocenters. The van der Waals surface area contributed by atoms with Crippen LogP contribution in [0.3, 0.4) is 0 Å². The average molecular weight is 598 g/mol. The van der Waals surface area contributed by atoms with E-state index in [0.717, 1.165) is 42.9 Å². The predicted molar refractivity (Wildman–Crippen MR) is 153 cm³/mol. The number of carbonyl (C=O) groups excluding carboxylic acids is 2. The normalized spacial score (nSPS) is 22.7. The fourth-order valence-electron chi connectivity index (χ4n) is 6.39. The largest absolute Gasteiger partial charge is 0.488 e. The molecule has 1 heterocycles. The molecule has 2 amide bonds. The Kier molecular flexibility index (Phi) is 5.90. The molecule has 4 aromatic rings. The zero-order valence-electron chi connectivity index (χ0n) is 20.6. The highest BCUT2D eigenvalue weighted by Gasteiger charge is 2.61. The van der Waals surface area contributed by atoms with Crippen LogP contribution < -0.4 is 4.74 Å². The lowest BCUT2D eigenvalue weighted by atomic mass is 9.55. The lowest BCUT2D eigenvalue weighted by Crippen LogP contribution is -2.41. The number of hydrogen-bond donors (Lipinski definition) is 0. The van der Waals surface area contributed by atoms with E-state index in [-0.39, 0.29) is 23.7 Å². The molecule has 0 N–H and O–H groups in total. The van der Waals surface area contributed by atoms with Gasteiger partial charge in [0.25, 0.3) is 11.8 Å². The highest BCUT2D eigenvalue weighted by molar-refractivity contribution is 9.10. The smallest absolute Gasteiger partial charge is 0.254 e. The van der Waals surface area contributed by atoms with Gasteiger partial charge in [-0.2, -0.15) is 10.1 Å². The minimum Gasteiger partial charge on any atom is -0.488 e. The van der Waals surface area contributed by atoms with Crippen molar-refractivity contribution in [2.45, 2.75) is 18.4 Å². The Hall–Kier alpha value is -3.74. The number of benzene rings is 4. The summed E-state index contributed by atoms with van der Waals surface area (Å²) in [6.45, 7) is 0.332. The molecular formula is C32H22BrClN2O3. The lowest BCUT2D eigenvalue weighted by molar-refractivity contribution is -0.139. The first-order valence-electron chi connectivity index (χ1n) is 12.8. The van der Waals surface area contributed by atoms with E-state index in [1.54, 1.807) is 6.21 Å². The summed E-state index contributed by atoms with van der Waals surface area (Å²) in [6.07, 6.45) is 1.55. The maximum Gasteiger partial charge on any atom is 0.254 e. The van der Waals surface area contributed by atoms with Crippen molar-refractivity contribution in [2.24, 2.45) is 16.9 Å². The van der Waals surface area contributed by atoms with Gasteiger partial charge in [-0.3, -0.25) is 9.59 Å². The van der Waals surface area contributed by atoms with E-state index in [2.05, 4.69) is 45.3 Å². The fourth-order valence-corrected chi connectivity index (χ4v) is 7.09. The summed E-state index contributed by atoms with van der Waals surface area (Å²) in [5.74, 6) is -1.01. The van der Waals surface area contributed by atoms with Gasteiger partial charge in [0.2, 0.25) is 0 Å². The second kappa shape index (κ2) is 9.47. The van der Waals surface area contributed by atoms with Crippen molar-refractivity contribution in [2.75, 3.05) is 0 Å². The van der Waals surface area contributed by atoms with Gasteiger partial charge in [0.1, 0.15) is 12.4 Å². The van der Waals surface area contributed by atoms with Crippen molar-refractivity contribution in [1.82, 2.24) is 5.01 Å². The van der Waals surface area contributed by atoms with Crippen LogP contribution >= 0.6 is 27.5 Å². The van der Waals surface area contributed by atoms with Crippen LogP contribution in [0.1, 0.15) is 45.2 Å². The third kappa shape index (κ3) is 3.85. The Labute approximate surface area is 239 Å². The van der Waals surface area contributed by atoms with Crippen molar-refractivity contribution < 1.29 is 14.3 Å². The summed E-state index contributed by atoms with van der Waals surface area (Å²) in [4.78, 5) is 27.4. The molecule has 4 aromatic carbocycles. The van der Waals surface area contributed by atoms with Crippen molar-refractivity contribution >= 4 is 45.6 Å². The highest BCUT2D eigenvalue weighted by Crippen LogP contribution is 2.60. The molecule has 39 heavy (non-hydrogen) atoms. The third-order valence-corrected chi connectivity index (χ3v) is 9.03. The molecule has 7 heteroatoms. The van der Waals surface area contributed by atoms with Gasteiger partial charge in [0.15, 0.2) is 0 Å². The monoisotopic (exact) mass is 596 g/mol. The van der Waals surface area contributed by atoms with E-state index in [1.165, 1.54) is 0 Å². The number of imide groups is 1. The molecule has 4 aliphatic rings. The summed E-state index contributed by atoms with van der Waals surface area (Å²) < 4.78 is 6.66.